The molecular formula is C50H101NO3. The molecule has 54 heavy (non-hydrogen) atoms. The Morgan fingerprint density at radius 2 is 0.593 bits per heavy atom. The van der Waals surface area contributed by atoms with E-state index in [0.717, 1.165) is 25.7 Å². The largest absolute Gasteiger partial charge is 0.394 e. The summed E-state index contributed by atoms with van der Waals surface area (Å²) >= 11 is 0. The Hall–Kier alpha value is -0.610. The number of nitrogens with one attached hydrogen (secondary N) is 1. The average Bonchev–Trinajstić information content (AvgIpc) is 3.18. The maximum absolute atomic E-state index is 12.4. The highest BCUT2D eigenvalue weighted by molar-refractivity contribution is 5.76. The third-order valence-corrected chi connectivity index (χ3v) is 12.1. The second kappa shape index (κ2) is 46.8. The van der Waals surface area contributed by atoms with Gasteiger partial charge in [-0.3, -0.25) is 4.79 Å². The third-order valence-electron chi connectivity index (χ3n) is 12.1. The van der Waals surface area contributed by atoms with Crippen molar-refractivity contribution in [2.24, 2.45) is 0 Å². The molecule has 1 amide bonds. The van der Waals surface area contributed by atoms with Crippen molar-refractivity contribution in [3.05, 3.63) is 0 Å². The van der Waals surface area contributed by atoms with Crippen LogP contribution in [0.2, 0.25) is 0 Å². The van der Waals surface area contributed by atoms with Gasteiger partial charge in [0, 0.05) is 6.42 Å². The molecule has 0 rings (SSSR count). The highest BCUT2D eigenvalue weighted by Gasteiger charge is 2.20. The van der Waals surface area contributed by atoms with Crippen LogP contribution in [0.5, 0.6) is 0 Å². The van der Waals surface area contributed by atoms with E-state index in [2.05, 4.69) is 19.2 Å². The molecule has 0 fully saturated rings. The number of rotatable bonds is 47. The SMILES string of the molecule is CCCCCCCCCCCCCCCCCCCCCCCCCCCCC(=O)NC(CO)C(O)CCCCCCCCCCCCCCCCCC. The molecule has 4 nitrogen and oxygen atoms in total. The molecular weight excluding hydrogens is 663 g/mol. The van der Waals surface area contributed by atoms with Gasteiger partial charge in [-0.1, -0.05) is 277 Å². The molecule has 0 aromatic heterocycles. The van der Waals surface area contributed by atoms with Crippen molar-refractivity contribution >= 4 is 5.91 Å². The molecule has 4 heteroatoms. The van der Waals surface area contributed by atoms with Crippen LogP contribution in [0, 0.1) is 0 Å². The molecule has 324 valence electrons. The molecule has 0 bridgehead atoms. The molecule has 0 spiro atoms. The van der Waals surface area contributed by atoms with Crippen molar-refractivity contribution in [2.75, 3.05) is 6.61 Å². The third kappa shape index (κ3) is 42.5. The van der Waals surface area contributed by atoms with Gasteiger partial charge in [0.2, 0.25) is 5.91 Å². The van der Waals surface area contributed by atoms with Crippen molar-refractivity contribution in [1.29, 1.82) is 0 Å². The maximum Gasteiger partial charge on any atom is 0.220 e. The van der Waals surface area contributed by atoms with Gasteiger partial charge in [-0.05, 0) is 12.8 Å². The van der Waals surface area contributed by atoms with Crippen LogP contribution in [0.4, 0.5) is 0 Å². The van der Waals surface area contributed by atoms with Gasteiger partial charge in [0.25, 0.3) is 0 Å². The fourth-order valence-electron chi connectivity index (χ4n) is 8.25. The molecule has 0 aliphatic rings. The van der Waals surface area contributed by atoms with Crippen molar-refractivity contribution in [3.63, 3.8) is 0 Å². The maximum atomic E-state index is 12.4. The van der Waals surface area contributed by atoms with E-state index < -0.39 is 12.1 Å². The summed E-state index contributed by atoms with van der Waals surface area (Å²) < 4.78 is 0. The van der Waals surface area contributed by atoms with Crippen molar-refractivity contribution < 1.29 is 15.0 Å². The van der Waals surface area contributed by atoms with E-state index in [4.69, 9.17) is 0 Å². The van der Waals surface area contributed by atoms with E-state index in [9.17, 15) is 15.0 Å². The fourth-order valence-corrected chi connectivity index (χ4v) is 8.25. The van der Waals surface area contributed by atoms with Crippen LogP contribution in [0.3, 0.4) is 0 Å². The lowest BCUT2D eigenvalue weighted by atomic mass is 10.0. The number of aliphatic hydroxyl groups excluding tert-OH is 2. The van der Waals surface area contributed by atoms with E-state index in [1.165, 1.54) is 244 Å². The molecule has 0 aromatic rings. The zero-order valence-corrected chi connectivity index (χ0v) is 37.3. The lowest BCUT2D eigenvalue weighted by Gasteiger charge is -2.22. The Morgan fingerprint density at radius 1 is 0.370 bits per heavy atom. The first-order valence-corrected chi connectivity index (χ1v) is 25.2. The summed E-state index contributed by atoms with van der Waals surface area (Å²) in [4.78, 5) is 12.4. The van der Waals surface area contributed by atoms with Gasteiger partial charge in [0.1, 0.15) is 0 Å². The summed E-state index contributed by atoms with van der Waals surface area (Å²) in [7, 11) is 0. The lowest BCUT2D eigenvalue weighted by Crippen LogP contribution is -2.45. The Labute approximate surface area is 340 Å². The zero-order valence-electron chi connectivity index (χ0n) is 37.3. The first-order chi connectivity index (χ1) is 26.7. The molecule has 0 aliphatic heterocycles. The Kier molecular flexibility index (Phi) is 46.2. The van der Waals surface area contributed by atoms with Crippen LogP contribution in [0.25, 0.3) is 0 Å². The van der Waals surface area contributed by atoms with Crippen LogP contribution in [0.1, 0.15) is 296 Å². The van der Waals surface area contributed by atoms with Gasteiger partial charge in [0.05, 0.1) is 18.8 Å². The molecule has 2 unspecified atom stereocenters. The first kappa shape index (κ1) is 53.4. The predicted octanol–water partition coefficient (Wildman–Crippen LogP) is 16.0. The van der Waals surface area contributed by atoms with E-state index in [1.54, 1.807) is 0 Å². The van der Waals surface area contributed by atoms with Crippen LogP contribution < -0.4 is 5.32 Å². The molecule has 0 saturated heterocycles. The summed E-state index contributed by atoms with van der Waals surface area (Å²) in [6, 6.07) is -0.530. The standard InChI is InChI=1S/C50H101NO3/c1-3-5-7-9-11-13-15-17-19-21-22-23-24-25-26-27-28-29-30-32-34-36-38-40-42-44-46-50(54)51-48(47-52)49(53)45-43-41-39-37-35-33-31-20-18-16-14-12-10-8-6-4-2/h48-49,52-53H,3-47H2,1-2H3,(H,51,54). The number of aliphatic hydroxyl groups is 2. The summed E-state index contributed by atoms with van der Waals surface area (Å²) in [5, 5.41) is 23.2. The highest BCUT2D eigenvalue weighted by Crippen LogP contribution is 2.18. The fraction of sp³-hybridized carbons (Fsp3) is 0.980. The van der Waals surface area contributed by atoms with E-state index in [1.807, 2.05) is 0 Å². The van der Waals surface area contributed by atoms with Crippen LogP contribution in [-0.2, 0) is 4.79 Å². The van der Waals surface area contributed by atoms with E-state index in [-0.39, 0.29) is 12.5 Å². The number of carbonyl (C=O) groups is 1. The van der Waals surface area contributed by atoms with Gasteiger partial charge in [-0.2, -0.15) is 0 Å². The minimum Gasteiger partial charge on any atom is -0.394 e. The molecule has 0 heterocycles. The Morgan fingerprint density at radius 3 is 0.833 bits per heavy atom. The van der Waals surface area contributed by atoms with Crippen molar-refractivity contribution in [1.82, 2.24) is 5.32 Å². The normalized spacial score (nSPS) is 12.7. The molecule has 0 radical (unpaired) electrons. The average molecular weight is 764 g/mol. The van der Waals surface area contributed by atoms with E-state index in [0.29, 0.717) is 12.8 Å². The Balaban J connectivity index is 3.41. The minimum absolute atomic E-state index is 0.0237. The van der Waals surface area contributed by atoms with Gasteiger partial charge in [0.15, 0.2) is 0 Å². The van der Waals surface area contributed by atoms with Crippen molar-refractivity contribution in [3.8, 4) is 0 Å². The summed E-state index contributed by atoms with van der Waals surface area (Å²) in [6.07, 6.45) is 57.8. The lowest BCUT2D eigenvalue weighted by molar-refractivity contribution is -0.123. The first-order valence-electron chi connectivity index (χ1n) is 25.2. The number of amides is 1. The molecule has 3 N–H and O–H groups in total. The Bertz CT molecular complexity index is 699. The number of unbranched alkanes of at least 4 members (excludes halogenated alkanes) is 40. The number of hydrogen-bond acceptors (Lipinski definition) is 3. The smallest absolute Gasteiger partial charge is 0.220 e. The van der Waals surface area contributed by atoms with Crippen LogP contribution >= 0.6 is 0 Å². The summed E-state index contributed by atoms with van der Waals surface area (Å²) in [6.45, 7) is 4.39. The topological polar surface area (TPSA) is 69.6 Å². The van der Waals surface area contributed by atoms with Crippen molar-refractivity contribution in [2.45, 2.75) is 309 Å². The van der Waals surface area contributed by atoms with Gasteiger partial charge in [-0.25, -0.2) is 0 Å². The number of carbonyl (C=O) groups excluding carboxylic acids is 1. The van der Waals surface area contributed by atoms with Crippen LogP contribution in [0.15, 0.2) is 0 Å². The quantitative estimate of drug-likeness (QED) is 0.0541. The summed E-state index contributed by atoms with van der Waals surface area (Å²) in [5.74, 6) is -0.0237. The molecule has 0 aliphatic carbocycles. The number of hydrogen-bond donors (Lipinski definition) is 3. The zero-order chi connectivity index (χ0) is 39.3. The molecule has 2 atom stereocenters. The highest BCUT2D eigenvalue weighted by atomic mass is 16.3. The minimum atomic E-state index is -0.653. The van der Waals surface area contributed by atoms with Gasteiger partial charge >= 0.3 is 0 Å². The molecule has 0 saturated carbocycles. The van der Waals surface area contributed by atoms with Crippen LogP contribution in [-0.4, -0.2) is 34.9 Å². The monoisotopic (exact) mass is 764 g/mol. The molecule has 0 aromatic carbocycles. The second-order valence-corrected chi connectivity index (χ2v) is 17.6. The van der Waals surface area contributed by atoms with Gasteiger partial charge < -0.3 is 15.5 Å². The second-order valence-electron chi connectivity index (χ2n) is 17.6. The van der Waals surface area contributed by atoms with E-state index >= 15 is 0 Å². The predicted molar refractivity (Wildman–Crippen MR) is 240 cm³/mol. The van der Waals surface area contributed by atoms with Gasteiger partial charge in [-0.15, -0.1) is 0 Å². The summed E-state index contributed by atoms with van der Waals surface area (Å²) in [5.41, 5.74) is 0.